The van der Waals surface area contributed by atoms with Gasteiger partial charge in [0.1, 0.15) is 0 Å². The zero-order valence-corrected chi connectivity index (χ0v) is 12.2. The monoisotopic (exact) mass is 282 g/mol. The highest BCUT2D eigenvalue weighted by molar-refractivity contribution is 7.09. The summed E-state index contributed by atoms with van der Waals surface area (Å²) < 4.78 is 0. The Bertz CT molecular complexity index is 375. The van der Waals surface area contributed by atoms with Crippen LogP contribution in [0.4, 0.5) is 0 Å². The second-order valence-corrected chi connectivity index (χ2v) is 6.00. The standard InChI is InChI=1S/C14H22N2O2S/c1-12(11-13-5-4-10-19-13)15-14(17)6-8-16-7-2-3-9-18-16/h4-5,10,12H,2-3,6-9,11H2,1H3,(H,15,17)/t12-/m1/s1. The second kappa shape index (κ2) is 7.62. The van der Waals surface area contributed by atoms with E-state index < -0.39 is 0 Å². The smallest absolute Gasteiger partial charge is 0.221 e. The highest BCUT2D eigenvalue weighted by Gasteiger charge is 2.14. The topological polar surface area (TPSA) is 41.6 Å². The van der Waals surface area contributed by atoms with Crippen LogP contribution in [0.15, 0.2) is 17.5 Å². The van der Waals surface area contributed by atoms with Gasteiger partial charge in [0.05, 0.1) is 6.61 Å². The molecule has 0 unspecified atom stereocenters. The lowest BCUT2D eigenvalue weighted by Gasteiger charge is -2.25. The largest absolute Gasteiger partial charge is 0.353 e. The molecule has 1 aromatic rings. The molecule has 0 saturated carbocycles. The van der Waals surface area contributed by atoms with Crippen LogP contribution in [0, 0.1) is 0 Å². The van der Waals surface area contributed by atoms with E-state index in [1.165, 1.54) is 4.88 Å². The Balaban J connectivity index is 1.63. The number of rotatable bonds is 6. The van der Waals surface area contributed by atoms with Crippen molar-refractivity contribution in [1.82, 2.24) is 10.4 Å². The Morgan fingerprint density at radius 1 is 1.58 bits per heavy atom. The molecule has 1 aromatic heterocycles. The fraction of sp³-hybridized carbons (Fsp3) is 0.643. The Hall–Kier alpha value is -0.910. The van der Waals surface area contributed by atoms with Crippen molar-refractivity contribution in [3.63, 3.8) is 0 Å². The van der Waals surface area contributed by atoms with Gasteiger partial charge in [0, 0.05) is 36.9 Å². The minimum Gasteiger partial charge on any atom is -0.353 e. The van der Waals surface area contributed by atoms with Crippen molar-refractivity contribution >= 4 is 17.2 Å². The summed E-state index contributed by atoms with van der Waals surface area (Å²) in [4.78, 5) is 18.6. The molecule has 1 N–H and O–H groups in total. The number of hydroxylamine groups is 2. The van der Waals surface area contributed by atoms with Crippen molar-refractivity contribution < 1.29 is 9.63 Å². The molecule has 4 nitrogen and oxygen atoms in total. The van der Waals surface area contributed by atoms with E-state index in [0.29, 0.717) is 13.0 Å². The Kier molecular flexibility index (Phi) is 5.82. The van der Waals surface area contributed by atoms with Gasteiger partial charge >= 0.3 is 0 Å². The summed E-state index contributed by atoms with van der Waals surface area (Å²) in [7, 11) is 0. The van der Waals surface area contributed by atoms with E-state index in [2.05, 4.69) is 23.7 Å². The summed E-state index contributed by atoms with van der Waals surface area (Å²) >= 11 is 1.73. The van der Waals surface area contributed by atoms with Crippen LogP contribution < -0.4 is 5.32 Å². The van der Waals surface area contributed by atoms with E-state index in [0.717, 1.165) is 32.4 Å². The van der Waals surface area contributed by atoms with E-state index in [1.807, 2.05) is 11.1 Å². The Labute approximate surface area is 118 Å². The van der Waals surface area contributed by atoms with Crippen molar-refractivity contribution in [3.8, 4) is 0 Å². The van der Waals surface area contributed by atoms with Crippen molar-refractivity contribution in [2.45, 2.75) is 38.6 Å². The zero-order chi connectivity index (χ0) is 13.5. The summed E-state index contributed by atoms with van der Waals surface area (Å²) in [6.07, 6.45) is 3.70. The molecular formula is C14H22N2O2S. The number of thiophene rings is 1. The van der Waals surface area contributed by atoms with Gasteiger partial charge in [-0.05, 0) is 31.2 Å². The highest BCUT2D eigenvalue weighted by Crippen LogP contribution is 2.11. The minimum absolute atomic E-state index is 0.109. The lowest BCUT2D eigenvalue weighted by atomic mass is 10.2. The number of nitrogens with one attached hydrogen (secondary N) is 1. The van der Waals surface area contributed by atoms with Crippen LogP contribution in [-0.2, 0) is 16.1 Å². The van der Waals surface area contributed by atoms with Crippen LogP contribution in [0.25, 0.3) is 0 Å². The molecule has 0 spiro atoms. The van der Waals surface area contributed by atoms with Gasteiger partial charge < -0.3 is 5.32 Å². The quantitative estimate of drug-likeness (QED) is 0.870. The first-order chi connectivity index (χ1) is 9.24. The summed E-state index contributed by atoms with van der Waals surface area (Å²) in [6, 6.07) is 4.34. The molecule has 1 atom stereocenters. The molecule has 0 bridgehead atoms. The van der Waals surface area contributed by atoms with Gasteiger partial charge in [-0.1, -0.05) is 6.07 Å². The number of nitrogens with zero attached hydrogens (tertiary/aromatic N) is 1. The molecule has 0 aromatic carbocycles. The zero-order valence-electron chi connectivity index (χ0n) is 11.4. The average Bonchev–Trinajstić information content (AvgIpc) is 2.90. The third kappa shape index (κ3) is 5.30. The number of hydrogen-bond donors (Lipinski definition) is 1. The molecule has 1 aliphatic heterocycles. The second-order valence-electron chi connectivity index (χ2n) is 4.97. The van der Waals surface area contributed by atoms with Crippen LogP contribution in [-0.4, -0.2) is 36.7 Å². The molecule has 19 heavy (non-hydrogen) atoms. The van der Waals surface area contributed by atoms with Crippen LogP contribution in [0.2, 0.25) is 0 Å². The van der Waals surface area contributed by atoms with Crippen molar-refractivity contribution in [3.05, 3.63) is 22.4 Å². The predicted molar refractivity (Wildman–Crippen MR) is 77.0 cm³/mol. The molecule has 0 aliphatic carbocycles. The van der Waals surface area contributed by atoms with Crippen LogP contribution in [0.3, 0.4) is 0 Å². The van der Waals surface area contributed by atoms with Gasteiger partial charge in [-0.25, -0.2) is 0 Å². The summed E-state index contributed by atoms with van der Waals surface area (Å²) in [5, 5.41) is 7.02. The summed E-state index contributed by atoms with van der Waals surface area (Å²) in [6.45, 7) is 4.47. The normalized spacial score (nSPS) is 18.2. The van der Waals surface area contributed by atoms with Gasteiger partial charge in [-0.3, -0.25) is 9.63 Å². The van der Waals surface area contributed by atoms with Gasteiger partial charge in [0.2, 0.25) is 5.91 Å². The third-order valence-corrected chi connectivity index (χ3v) is 4.06. The van der Waals surface area contributed by atoms with Gasteiger partial charge in [-0.15, -0.1) is 11.3 Å². The molecular weight excluding hydrogens is 260 g/mol. The molecule has 1 amide bonds. The maximum Gasteiger partial charge on any atom is 0.221 e. The van der Waals surface area contributed by atoms with Gasteiger partial charge in [0.25, 0.3) is 0 Å². The summed E-state index contributed by atoms with van der Waals surface area (Å²) in [5.41, 5.74) is 0. The fourth-order valence-corrected chi connectivity index (χ4v) is 3.01. The first-order valence-corrected chi connectivity index (χ1v) is 7.81. The van der Waals surface area contributed by atoms with Crippen molar-refractivity contribution in [2.75, 3.05) is 19.7 Å². The lowest BCUT2D eigenvalue weighted by molar-refractivity contribution is -0.181. The number of carbonyl (C=O) groups is 1. The van der Waals surface area contributed by atoms with Crippen molar-refractivity contribution in [1.29, 1.82) is 0 Å². The van der Waals surface area contributed by atoms with E-state index in [4.69, 9.17) is 4.84 Å². The van der Waals surface area contributed by atoms with Gasteiger partial charge in [-0.2, -0.15) is 5.06 Å². The Morgan fingerprint density at radius 2 is 2.47 bits per heavy atom. The molecule has 1 saturated heterocycles. The maximum absolute atomic E-state index is 11.8. The first-order valence-electron chi connectivity index (χ1n) is 6.93. The van der Waals surface area contributed by atoms with Crippen LogP contribution in [0.1, 0.15) is 31.1 Å². The first kappa shape index (κ1) is 14.5. The van der Waals surface area contributed by atoms with E-state index >= 15 is 0 Å². The van der Waals surface area contributed by atoms with Crippen LogP contribution >= 0.6 is 11.3 Å². The maximum atomic E-state index is 11.8. The minimum atomic E-state index is 0.109. The lowest BCUT2D eigenvalue weighted by Crippen LogP contribution is -2.37. The predicted octanol–water partition coefficient (Wildman–Crippen LogP) is 2.21. The van der Waals surface area contributed by atoms with E-state index in [1.54, 1.807) is 11.3 Å². The van der Waals surface area contributed by atoms with Gasteiger partial charge in [0.15, 0.2) is 0 Å². The molecule has 2 rings (SSSR count). The molecule has 0 radical (unpaired) electrons. The number of amides is 1. The highest BCUT2D eigenvalue weighted by atomic mass is 32.1. The number of carbonyl (C=O) groups excluding carboxylic acids is 1. The molecule has 106 valence electrons. The van der Waals surface area contributed by atoms with Crippen molar-refractivity contribution in [2.24, 2.45) is 0 Å². The SMILES string of the molecule is C[C@H](Cc1cccs1)NC(=O)CCN1CCCCO1. The fourth-order valence-electron chi connectivity index (χ4n) is 2.18. The summed E-state index contributed by atoms with van der Waals surface area (Å²) in [5.74, 6) is 0.109. The van der Waals surface area contributed by atoms with E-state index in [-0.39, 0.29) is 11.9 Å². The van der Waals surface area contributed by atoms with E-state index in [9.17, 15) is 4.79 Å². The third-order valence-electron chi connectivity index (χ3n) is 3.16. The Morgan fingerprint density at radius 3 is 3.16 bits per heavy atom. The molecule has 1 aliphatic rings. The molecule has 1 fully saturated rings. The average molecular weight is 282 g/mol. The molecule has 5 heteroatoms. The molecule has 2 heterocycles. The number of hydrogen-bond acceptors (Lipinski definition) is 4. The van der Waals surface area contributed by atoms with Crippen LogP contribution in [0.5, 0.6) is 0 Å².